The molecule has 1 saturated heterocycles. The first kappa shape index (κ1) is 19.3. The summed E-state index contributed by atoms with van der Waals surface area (Å²) in [5.41, 5.74) is 5.65. The minimum absolute atomic E-state index is 0.732. The van der Waals surface area contributed by atoms with Gasteiger partial charge in [0.1, 0.15) is 0 Å². The summed E-state index contributed by atoms with van der Waals surface area (Å²) >= 11 is 1.75. The van der Waals surface area contributed by atoms with Crippen LogP contribution < -0.4 is 4.31 Å². The second kappa shape index (κ2) is 9.48. The smallest absolute Gasteiger partial charge is 0.0466 e. The lowest BCUT2D eigenvalue weighted by molar-refractivity contribution is 0.326. The molecule has 1 atom stereocenters. The van der Waals surface area contributed by atoms with Crippen LogP contribution >= 0.6 is 11.9 Å². The van der Waals surface area contributed by atoms with Gasteiger partial charge in [-0.2, -0.15) is 0 Å². The molecule has 0 aliphatic carbocycles. The van der Waals surface area contributed by atoms with Gasteiger partial charge in [-0.1, -0.05) is 53.9 Å². The zero-order valence-electron chi connectivity index (χ0n) is 16.4. The average Bonchev–Trinajstić information content (AvgIpc) is 3.14. The van der Waals surface area contributed by atoms with E-state index in [1.165, 1.54) is 67.7 Å². The Kier molecular flexibility index (Phi) is 7.04. The highest BCUT2D eigenvalue weighted by atomic mass is 32.2. The first-order valence-electron chi connectivity index (χ1n) is 9.81. The second-order valence-electron chi connectivity index (χ2n) is 7.50. The molecule has 26 heavy (non-hydrogen) atoms. The Bertz CT molecular complexity index is 683. The van der Waals surface area contributed by atoms with Gasteiger partial charge in [0.05, 0.1) is 0 Å². The van der Waals surface area contributed by atoms with Crippen molar-refractivity contribution in [2.24, 2.45) is 0 Å². The maximum Gasteiger partial charge on any atom is 0.0466 e. The largest absolute Gasteiger partial charge is 0.320 e. The van der Waals surface area contributed by atoms with E-state index in [0.29, 0.717) is 0 Å². The molecule has 0 radical (unpaired) electrons. The normalized spacial score (nSPS) is 17.6. The van der Waals surface area contributed by atoms with Gasteiger partial charge >= 0.3 is 0 Å². The molecule has 0 spiro atoms. The molecule has 2 aromatic rings. The molecule has 1 heterocycles. The van der Waals surface area contributed by atoms with E-state index in [1.54, 1.807) is 11.9 Å². The number of benzene rings is 2. The molecule has 140 valence electrons. The third-order valence-electron chi connectivity index (χ3n) is 5.55. The molecule has 0 N–H and O–H groups in total. The van der Waals surface area contributed by atoms with Crippen molar-refractivity contribution in [1.82, 2.24) is 4.90 Å². The fourth-order valence-corrected chi connectivity index (χ4v) is 4.21. The number of hydrogen-bond donors (Lipinski definition) is 0. The van der Waals surface area contributed by atoms with E-state index in [0.717, 1.165) is 5.92 Å². The molecular formula is C23H32N2S. The number of aryl methyl sites for hydroxylation is 2. The Labute approximate surface area is 163 Å². The highest BCUT2D eigenvalue weighted by molar-refractivity contribution is 7.99. The van der Waals surface area contributed by atoms with Crippen molar-refractivity contribution in [3.05, 3.63) is 65.2 Å². The van der Waals surface area contributed by atoms with Crippen LogP contribution in [0.1, 0.15) is 41.9 Å². The predicted octanol–water partition coefficient (Wildman–Crippen LogP) is 5.52. The Hall–Kier alpha value is -1.45. The lowest BCUT2D eigenvalue weighted by atomic mass is 9.97. The monoisotopic (exact) mass is 368 g/mol. The molecular weight excluding hydrogens is 336 g/mol. The molecule has 3 heteroatoms. The van der Waals surface area contributed by atoms with Crippen LogP contribution in [0.4, 0.5) is 5.69 Å². The topological polar surface area (TPSA) is 6.48 Å². The van der Waals surface area contributed by atoms with Gasteiger partial charge in [0, 0.05) is 25.5 Å². The van der Waals surface area contributed by atoms with E-state index in [9.17, 15) is 0 Å². The lowest BCUT2D eigenvalue weighted by Crippen LogP contribution is -2.21. The van der Waals surface area contributed by atoms with Crippen LogP contribution in [0.15, 0.2) is 48.5 Å². The first-order chi connectivity index (χ1) is 12.7. The van der Waals surface area contributed by atoms with Crippen molar-refractivity contribution in [2.45, 2.75) is 38.5 Å². The van der Waals surface area contributed by atoms with E-state index < -0.39 is 0 Å². The molecule has 1 aliphatic rings. The van der Waals surface area contributed by atoms with Gasteiger partial charge < -0.3 is 9.21 Å². The number of unbranched alkanes of at least 4 members (excludes halogenated alkanes) is 1. The van der Waals surface area contributed by atoms with Crippen molar-refractivity contribution in [3.63, 3.8) is 0 Å². The summed E-state index contributed by atoms with van der Waals surface area (Å²) < 4.78 is 2.20. The molecule has 1 fully saturated rings. The van der Waals surface area contributed by atoms with Crippen molar-refractivity contribution < 1.29 is 0 Å². The standard InChI is InChI=1S/C23H32N2S/c1-19-7-6-9-21(17-19)22-14-16-25(18-22)15-5-4-8-20-10-12-23(13-11-20)24(2)26-3/h6-7,9-13,17,22H,4-5,8,14-16,18H2,1-3H3. The fraction of sp³-hybridized carbons (Fsp3) is 0.478. The predicted molar refractivity (Wildman–Crippen MR) is 116 cm³/mol. The van der Waals surface area contributed by atoms with Crippen LogP contribution in [0.5, 0.6) is 0 Å². The third-order valence-corrected chi connectivity index (χ3v) is 6.31. The number of rotatable bonds is 8. The zero-order chi connectivity index (χ0) is 18.4. The summed E-state index contributed by atoms with van der Waals surface area (Å²) in [6, 6.07) is 18.1. The number of likely N-dealkylation sites (tertiary alicyclic amines) is 1. The zero-order valence-corrected chi connectivity index (χ0v) is 17.3. The fourth-order valence-electron chi connectivity index (χ4n) is 3.87. The maximum atomic E-state index is 2.66. The molecule has 1 unspecified atom stereocenters. The van der Waals surface area contributed by atoms with Crippen molar-refractivity contribution in [2.75, 3.05) is 37.2 Å². The Morgan fingerprint density at radius 1 is 1.12 bits per heavy atom. The lowest BCUT2D eigenvalue weighted by Gasteiger charge is -2.17. The van der Waals surface area contributed by atoms with E-state index in [4.69, 9.17) is 0 Å². The van der Waals surface area contributed by atoms with Gasteiger partial charge in [-0.15, -0.1) is 0 Å². The third kappa shape index (κ3) is 5.28. The number of anilines is 1. The average molecular weight is 369 g/mol. The van der Waals surface area contributed by atoms with Gasteiger partial charge in [0.15, 0.2) is 0 Å². The van der Waals surface area contributed by atoms with Crippen LogP contribution in [-0.4, -0.2) is 37.8 Å². The van der Waals surface area contributed by atoms with E-state index >= 15 is 0 Å². The minimum Gasteiger partial charge on any atom is -0.320 e. The Morgan fingerprint density at radius 3 is 2.65 bits per heavy atom. The first-order valence-corrected chi connectivity index (χ1v) is 11.0. The van der Waals surface area contributed by atoms with Crippen LogP contribution in [-0.2, 0) is 6.42 Å². The minimum atomic E-state index is 0.732. The van der Waals surface area contributed by atoms with Gasteiger partial charge in [-0.3, -0.25) is 0 Å². The number of hydrogen-bond acceptors (Lipinski definition) is 3. The van der Waals surface area contributed by atoms with Crippen LogP contribution in [0.3, 0.4) is 0 Å². The molecule has 0 amide bonds. The van der Waals surface area contributed by atoms with Gasteiger partial charge in [0.2, 0.25) is 0 Å². The van der Waals surface area contributed by atoms with Crippen molar-refractivity contribution >= 4 is 17.6 Å². The summed E-state index contributed by atoms with van der Waals surface area (Å²) in [4.78, 5) is 2.66. The molecule has 2 aromatic carbocycles. The van der Waals surface area contributed by atoms with Gasteiger partial charge in [-0.25, -0.2) is 0 Å². The summed E-state index contributed by atoms with van der Waals surface area (Å²) in [7, 11) is 2.11. The summed E-state index contributed by atoms with van der Waals surface area (Å²) in [5.74, 6) is 0.732. The summed E-state index contributed by atoms with van der Waals surface area (Å²) in [6.45, 7) is 5.94. The Balaban J connectivity index is 1.38. The highest BCUT2D eigenvalue weighted by Gasteiger charge is 2.23. The quantitative estimate of drug-likeness (QED) is 0.447. The Morgan fingerprint density at radius 2 is 1.92 bits per heavy atom. The molecule has 0 bridgehead atoms. The van der Waals surface area contributed by atoms with Crippen molar-refractivity contribution in [3.8, 4) is 0 Å². The molecule has 0 saturated carbocycles. The second-order valence-corrected chi connectivity index (χ2v) is 8.42. The van der Waals surface area contributed by atoms with E-state index in [1.807, 2.05) is 0 Å². The SMILES string of the molecule is CSN(C)c1ccc(CCCCN2CCC(c3cccc(C)c3)C2)cc1. The summed E-state index contributed by atoms with van der Waals surface area (Å²) in [6.07, 6.45) is 7.19. The van der Waals surface area contributed by atoms with Gasteiger partial charge in [-0.05, 0) is 74.9 Å². The van der Waals surface area contributed by atoms with Crippen molar-refractivity contribution in [1.29, 1.82) is 0 Å². The molecule has 1 aliphatic heterocycles. The van der Waals surface area contributed by atoms with E-state index in [-0.39, 0.29) is 0 Å². The molecule has 3 rings (SSSR count). The van der Waals surface area contributed by atoms with Crippen LogP contribution in [0.25, 0.3) is 0 Å². The van der Waals surface area contributed by atoms with E-state index in [2.05, 4.69) is 78.0 Å². The highest BCUT2D eigenvalue weighted by Crippen LogP contribution is 2.28. The maximum absolute atomic E-state index is 2.66. The molecule has 0 aromatic heterocycles. The van der Waals surface area contributed by atoms with Crippen LogP contribution in [0.2, 0.25) is 0 Å². The van der Waals surface area contributed by atoms with Crippen LogP contribution in [0, 0.1) is 6.92 Å². The van der Waals surface area contributed by atoms with Gasteiger partial charge in [0.25, 0.3) is 0 Å². The number of nitrogens with zero attached hydrogens (tertiary/aromatic N) is 2. The summed E-state index contributed by atoms with van der Waals surface area (Å²) in [5, 5.41) is 0. The molecule has 2 nitrogen and oxygen atoms in total.